The van der Waals surface area contributed by atoms with E-state index in [1.165, 1.54) is 0 Å². The van der Waals surface area contributed by atoms with Crippen molar-refractivity contribution in [2.75, 3.05) is 40.4 Å². The quantitative estimate of drug-likeness (QED) is 0.373. The highest BCUT2D eigenvalue weighted by Crippen LogP contribution is 2.33. The van der Waals surface area contributed by atoms with E-state index in [0.717, 1.165) is 36.4 Å². The number of halogens is 1. The maximum Gasteiger partial charge on any atom is 0.241 e. The van der Waals surface area contributed by atoms with E-state index in [0.29, 0.717) is 25.7 Å². The average molecular weight is 476 g/mol. The number of para-hydroxylation sites is 1. The Balaban J connectivity index is 0.00000338. The van der Waals surface area contributed by atoms with Gasteiger partial charge in [0.2, 0.25) is 5.91 Å². The highest BCUT2D eigenvalue weighted by molar-refractivity contribution is 14.0. The Hall–Kier alpha value is -1.71. The molecule has 2 rings (SSSR count). The Morgan fingerprint density at radius 2 is 2.00 bits per heavy atom. The van der Waals surface area contributed by atoms with Crippen molar-refractivity contribution < 1.29 is 14.3 Å². The van der Waals surface area contributed by atoms with Crippen molar-refractivity contribution in [1.29, 1.82) is 0 Å². The van der Waals surface area contributed by atoms with Crippen molar-refractivity contribution >= 4 is 35.8 Å². The van der Waals surface area contributed by atoms with E-state index < -0.39 is 0 Å². The molecule has 1 aromatic rings. The van der Waals surface area contributed by atoms with E-state index in [1.54, 1.807) is 19.0 Å². The first-order valence-corrected chi connectivity index (χ1v) is 8.71. The van der Waals surface area contributed by atoms with Crippen LogP contribution in [0.5, 0.6) is 11.5 Å². The molecule has 0 saturated carbocycles. The highest BCUT2D eigenvalue weighted by atomic mass is 127. The van der Waals surface area contributed by atoms with Crippen LogP contribution < -0.4 is 20.1 Å². The standard InChI is InChI=1S/C18H28N4O3.HI/c1-4-9-19-18(21-13-16(23)22(2)3)20-12-14-7-5-8-15-17(14)25-11-6-10-24-15;/h5,7-8H,4,6,9-13H2,1-3H3,(H2,19,20,21);1H. The minimum Gasteiger partial charge on any atom is -0.490 e. The number of nitrogens with one attached hydrogen (secondary N) is 2. The molecule has 1 amide bonds. The van der Waals surface area contributed by atoms with Gasteiger partial charge in [0.15, 0.2) is 17.5 Å². The van der Waals surface area contributed by atoms with Gasteiger partial charge < -0.3 is 25.0 Å². The molecule has 146 valence electrons. The summed E-state index contributed by atoms with van der Waals surface area (Å²) < 4.78 is 11.5. The molecule has 2 N–H and O–H groups in total. The Kier molecular flexibility index (Phi) is 10.2. The van der Waals surface area contributed by atoms with Gasteiger partial charge in [-0.15, -0.1) is 24.0 Å². The monoisotopic (exact) mass is 476 g/mol. The molecule has 0 atom stereocenters. The lowest BCUT2D eigenvalue weighted by Gasteiger charge is -2.15. The molecule has 1 aromatic carbocycles. The number of aliphatic imine (C=N–C) groups is 1. The Labute approximate surface area is 172 Å². The van der Waals surface area contributed by atoms with Crippen molar-refractivity contribution in [3.05, 3.63) is 23.8 Å². The Morgan fingerprint density at radius 1 is 1.23 bits per heavy atom. The number of hydrogen-bond donors (Lipinski definition) is 2. The maximum atomic E-state index is 11.8. The van der Waals surface area contributed by atoms with Crippen LogP contribution in [0.2, 0.25) is 0 Å². The summed E-state index contributed by atoms with van der Waals surface area (Å²) in [6, 6.07) is 5.85. The summed E-state index contributed by atoms with van der Waals surface area (Å²) in [6.45, 7) is 4.82. The predicted molar refractivity (Wildman–Crippen MR) is 114 cm³/mol. The summed E-state index contributed by atoms with van der Waals surface area (Å²) in [5.41, 5.74) is 0.968. The number of benzene rings is 1. The lowest BCUT2D eigenvalue weighted by molar-refractivity contribution is -0.127. The summed E-state index contributed by atoms with van der Waals surface area (Å²) >= 11 is 0. The first kappa shape index (κ1) is 22.3. The van der Waals surface area contributed by atoms with Gasteiger partial charge in [-0.3, -0.25) is 4.79 Å². The molecule has 0 saturated heterocycles. The fraction of sp³-hybridized carbons (Fsp3) is 0.556. The largest absolute Gasteiger partial charge is 0.490 e. The van der Waals surface area contributed by atoms with Crippen LogP contribution in [0.1, 0.15) is 25.3 Å². The van der Waals surface area contributed by atoms with Gasteiger partial charge in [-0.2, -0.15) is 0 Å². The maximum absolute atomic E-state index is 11.8. The molecule has 0 spiro atoms. The molecule has 7 nitrogen and oxygen atoms in total. The van der Waals surface area contributed by atoms with E-state index in [4.69, 9.17) is 9.47 Å². The Morgan fingerprint density at radius 3 is 2.73 bits per heavy atom. The average Bonchev–Trinajstić information content (AvgIpc) is 2.86. The van der Waals surface area contributed by atoms with Crippen LogP contribution in [0.15, 0.2) is 23.2 Å². The van der Waals surface area contributed by atoms with Crippen LogP contribution in [0.4, 0.5) is 0 Å². The zero-order valence-corrected chi connectivity index (χ0v) is 18.0. The number of rotatable bonds is 6. The summed E-state index contributed by atoms with van der Waals surface area (Å²) in [4.78, 5) is 17.9. The number of guanidine groups is 1. The number of hydrogen-bond acceptors (Lipinski definition) is 4. The third-order valence-electron chi connectivity index (χ3n) is 3.71. The van der Waals surface area contributed by atoms with Crippen molar-refractivity contribution in [2.24, 2.45) is 4.99 Å². The second kappa shape index (κ2) is 11.8. The fourth-order valence-corrected chi connectivity index (χ4v) is 2.28. The smallest absolute Gasteiger partial charge is 0.241 e. The molecule has 0 fully saturated rings. The zero-order chi connectivity index (χ0) is 18.1. The summed E-state index contributed by atoms with van der Waals surface area (Å²) in [5.74, 6) is 2.15. The Bertz CT molecular complexity index is 608. The molecule has 0 bridgehead atoms. The summed E-state index contributed by atoms with van der Waals surface area (Å²) in [7, 11) is 3.47. The minimum atomic E-state index is -0.00342. The number of likely N-dealkylation sites (N-methyl/N-ethyl adjacent to an activating group) is 1. The van der Waals surface area contributed by atoms with Crippen LogP contribution in [-0.4, -0.2) is 57.2 Å². The number of amides is 1. The lowest BCUT2D eigenvalue weighted by Crippen LogP contribution is -2.43. The first-order valence-electron chi connectivity index (χ1n) is 8.71. The minimum absolute atomic E-state index is 0. The molecule has 8 heteroatoms. The van der Waals surface area contributed by atoms with E-state index in [1.807, 2.05) is 18.2 Å². The highest BCUT2D eigenvalue weighted by Gasteiger charge is 2.14. The molecule has 0 radical (unpaired) electrons. The van der Waals surface area contributed by atoms with E-state index >= 15 is 0 Å². The number of carbonyl (C=O) groups is 1. The zero-order valence-electron chi connectivity index (χ0n) is 15.7. The van der Waals surface area contributed by atoms with E-state index in [9.17, 15) is 4.79 Å². The van der Waals surface area contributed by atoms with Crippen LogP contribution >= 0.6 is 24.0 Å². The van der Waals surface area contributed by atoms with Gasteiger partial charge in [0.1, 0.15) is 0 Å². The number of fused-ring (bicyclic) bond motifs is 1. The third-order valence-corrected chi connectivity index (χ3v) is 3.71. The van der Waals surface area contributed by atoms with Gasteiger partial charge in [0.25, 0.3) is 0 Å². The van der Waals surface area contributed by atoms with Gasteiger partial charge in [-0.1, -0.05) is 19.1 Å². The van der Waals surface area contributed by atoms with Gasteiger partial charge in [-0.25, -0.2) is 4.99 Å². The van der Waals surface area contributed by atoms with E-state index in [-0.39, 0.29) is 36.4 Å². The SMILES string of the molecule is CCCNC(=NCc1cccc2c1OCCCO2)NCC(=O)N(C)C.I. The predicted octanol–water partition coefficient (Wildman–Crippen LogP) is 2.00. The van der Waals surface area contributed by atoms with Gasteiger partial charge in [0, 0.05) is 32.6 Å². The third kappa shape index (κ3) is 6.89. The fourth-order valence-electron chi connectivity index (χ4n) is 2.28. The van der Waals surface area contributed by atoms with Crippen LogP contribution in [0, 0.1) is 0 Å². The van der Waals surface area contributed by atoms with Gasteiger partial charge in [-0.05, 0) is 12.5 Å². The molecule has 0 aliphatic carbocycles. The van der Waals surface area contributed by atoms with Crippen molar-refractivity contribution in [3.8, 4) is 11.5 Å². The molecular formula is C18H29IN4O3. The molecule has 0 aromatic heterocycles. The summed E-state index contributed by atoms with van der Waals surface area (Å²) in [5, 5.41) is 6.30. The van der Waals surface area contributed by atoms with Crippen LogP contribution in [-0.2, 0) is 11.3 Å². The molecule has 1 aliphatic heterocycles. The van der Waals surface area contributed by atoms with Crippen molar-refractivity contribution in [1.82, 2.24) is 15.5 Å². The van der Waals surface area contributed by atoms with E-state index in [2.05, 4.69) is 22.5 Å². The normalized spacial score (nSPS) is 13.3. The van der Waals surface area contributed by atoms with Crippen molar-refractivity contribution in [2.45, 2.75) is 26.3 Å². The first-order chi connectivity index (χ1) is 12.1. The van der Waals surface area contributed by atoms with Crippen molar-refractivity contribution in [3.63, 3.8) is 0 Å². The molecule has 1 heterocycles. The molecule has 26 heavy (non-hydrogen) atoms. The van der Waals surface area contributed by atoms with Crippen LogP contribution in [0.3, 0.4) is 0 Å². The second-order valence-electron chi connectivity index (χ2n) is 6.03. The summed E-state index contributed by atoms with van der Waals surface area (Å²) in [6.07, 6.45) is 1.84. The number of ether oxygens (including phenoxy) is 2. The topological polar surface area (TPSA) is 75.2 Å². The van der Waals surface area contributed by atoms with Gasteiger partial charge in [0.05, 0.1) is 26.3 Å². The number of nitrogens with zero attached hydrogens (tertiary/aromatic N) is 2. The van der Waals surface area contributed by atoms with Gasteiger partial charge >= 0.3 is 0 Å². The number of carbonyl (C=O) groups excluding carboxylic acids is 1. The molecular weight excluding hydrogens is 447 g/mol. The second-order valence-corrected chi connectivity index (χ2v) is 6.03. The lowest BCUT2D eigenvalue weighted by atomic mass is 10.2. The van der Waals surface area contributed by atoms with Crippen LogP contribution in [0.25, 0.3) is 0 Å². The molecule has 0 unspecified atom stereocenters. The molecule has 1 aliphatic rings.